The molecule has 1 aromatic carbocycles. The fourth-order valence-corrected chi connectivity index (χ4v) is 2.20. The monoisotopic (exact) mass is 321 g/mol. The van der Waals surface area contributed by atoms with Crippen molar-refractivity contribution in [3.05, 3.63) is 28.8 Å². The van der Waals surface area contributed by atoms with Crippen molar-refractivity contribution in [1.29, 1.82) is 0 Å². The van der Waals surface area contributed by atoms with E-state index >= 15 is 0 Å². The quantitative estimate of drug-likeness (QED) is 0.788. The van der Waals surface area contributed by atoms with Crippen LogP contribution in [-0.2, 0) is 9.53 Å². The number of nitrogens with one attached hydrogen (secondary N) is 1. The number of esters is 1. The number of rotatable bonds is 6. The van der Waals surface area contributed by atoms with Gasteiger partial charge in [-0.05, 0) is 42.9 Å². The van der Waals surface area contributed by atoms with Crippen LogP contribution in [0.4, 0.5) is 0 Å². The highest BCUT2D eigenvalue weighted by Crippen LogP contribution is 2.33. The Morgan fingerprint density at radius 3 is 2.22 bits per heavy atom. The third-order valence-corrected chi connectivity index (χ3v) is 3.67. The second-order valence-electron chi connectivity index (χ2n) is 6.26. The van der Waals surface area contributed by atoms with Crippen molar-refractivity contribution in [3.63, 3.8) is 0 Å². The molecule has 5 heteroatoms. The number of aromatic hydroxyl groups is 1. The molecule has 23 heavy (non-hydrogen) atoms. The number of phenolic OH excluding ortho intramolecular Hbond substituents is 1. The molecule has 0 fully saturated rings. The first-order chi connectivity index (χ1) is 10.7. The predicted octanol–water partition coefficient (Wildman–Crippen LogP) is 3.32. The fraction of sp³-hybridized carbons (Fsp3) is 0.556. The number of likely N-dealkylation sites (N-methyl/N-ethyl adjacent to an activating group) is 1. The van der Waals surface area contributed by atoms with Gasteiger partial charge < -0.3 is 15.2 Å². The summed E-state index contributed by atoms with van der Waals surface area (Å²) >= 11 is 0. The molecule has 1 atom stereocenters. The van der Waals surface area contributed by atoms with Crippen molar-refractivity contribution >= 4 is 11.9 Å². The molecule has 0 heterocycles. The number of benzene rings is 1. The van der Waals surface area contributed by atoms with E-state index in [4.69, 9.17) is 4.74 Å². The predicted molar refractivity (Wildman–Crippen MR) is 89.8 cm³/mol. The number of ether oxygens (including phenoxy) is 1. The van der Waals surface area contributed by atoms with Crippen LogP contribution in [0.15, 0.2) is 12.1 Å². The molecule has 2 N–H and O–H groups in total. The van der Waals surface area contributed by atoms with Gasteiger partial charge in [0, 0.05) is 6.54 Å². The normalized spacial score (nSPS) is 12.3. The van der Waals surface area contributed by atoms with Crippen LogP contribution in [-0.4, -0.2) is 29.6 Å². The molecule has 5 nitrogen and oxygen atoms in total. The third kappa shape index (κ3) is 4.71. The lowest BCUT2D eigenvalue weighted by molar-refractivity contribution is -0.128. The zero-order valence-electron chi connectivity index (χ0n) is 14.8. The van der Waals surface area contributed by atoms with E-state index in [1.54, 1.807) is 13.0 Å². The molecule has 0 aliphatic heterocycles. The summed E-state index contributed by atoms with van der Waals surface area (Å²) in [5, 5.41) is 13.0. The topological polar surface area (TPSA) is 75.6 Å². The lowest BCUT2D eigenvalue weighted by atomic mass is 9.92. The number of hydrogen-bond donors (Lipinski definition) is 2. The van der Waals surface area contributed by atoms with Crippen LogP contribution in [0.3, 0.4) is 0 Å². The maximum Gasteiger partial charge on any atom is 0.342 e. The van der Waals surface area contributed by atoms with Crippen LogP contribution < -0.4 is 5.32 Å². The Balaban J connectivity index is 3.15. The van der Waals surface area contributed by atoms with Crippen molar-refractivity contribution < 1.29 is 19.4 Å². The third-order valence-electron chi connectivity index (χ3n) is 3.67. The Kier molecular flexibility index (Phi) is 6.61. The molecule has 0 aliphatic rings. The van der Waals surface area contributed by atoms with Gasteiger partial charge in [0.2, 0.25) is 0 Å². The van der Waals surface area contributed by atoms with Crippen LogP contribution in [0, 0.1) is 0 Å². The van der Waals surface area contributed by atoms with E-state index in [1.807, 2.05) is 33.8 Å². The van der Waals surface area contributed by atoms with Gasteiger partial charge in [-0.2, -0.15) is 0 Å². The molecule has 1 aromatic rings. The van der Waals surface area contributed by atoms with Gasteiger partial charge in [0.05, 0.1) is 0 Å². The maximum absolute atomic E-state index is 12.4. The van der Waals surface area contributed by atoms with Gasteiger partial charge in [-0.1, -0.05) is 33.8 Å². The van der Waals surface area contributed by atoms with Crippen molar-refractivity contribution in [2.45, 2.75) is 59.5 Å². The van der Waals surface area contributed by atoms with Crippen LogP contribution in [0.5, 0.6) is 5.75 Å². The van der Waals surface area contributed by atoms with E-state index in [-0.39, 0.29) is 29.1 Å². The second-order valence-corrected chi connectivity index (χ2v) is 6.26. The molecule has 0 spiro atoms. The van der Waals surface area contributed by atoms with Gasteiger partial charge in [-0.15, -0.1) is 0 Å². The summed E-state index contributed by atoms with van der Waals surface area (Å²) in [5.41, 5.74) is 1.76. The Morgan fingerprint density at radius 2 is 1.74 bits per heavy atom. The first kappa shape index (κ1) is 19.0. The minimum absolute atomic E-state index is 0.0704. The largest absolute Gasteiger partial charge is 0.507 e. The summed E-state index contributed by atoms with van der Waals surface area (Å²) in [7, 11) is 0. The molecular formula is C18H27NO4. The molecule has 0 radical (unpaired) electrons. The first-order valence-corrected chi connectivity index (χ1v) is 8.04. The molecule has 0 bridgehead atoms. The maximum atomic E-state index is 12.4. The van der Waals surface area contributed by atoms with Gasteiger partial charge in [-0.3, -0.25) is 4.79 Å². The number of hydrogen-bond acceptors (Lipinski definition) is 4. The van der Waals surface area contributed by atoms with Crippen LogP contribution in [0.2, 0.25) is 0 Å². The Bertz CT molecular complexity index is 579. The summed E-state index contributed by atoms with van der Waals surface area (Å²) in [4.78, 5) is 24.1. The van der Waals surface area contributed by atoms with Crippen molar-refractivity contribution in [2.24, 2.45) is 0 Å². The van der Waals surface area contributed by atoms with Gasteiger partial charge >= 0.3 is 5.97 Å². The zero-order chi connectivity index (χ0) is 17.7. The van der Waals surface area contributed by atoms with E-state index in [9.17, 15) is 14.7 Å². The lowest BCUT2D eigenvalue weighted by Crippen LogP contribution is -2.35. The van der Waals surface area contributed by atoms with Gasteiger partial charge in [-0.25, -0.2) is 4.79 Å². The van der Waals surface area contributed by atoms with Gasteiger partial charge in [0.15, 0.2) is 6.10 Å². The van der Waals surface area contributed by atoms with Crippen molar-refractivity contribution in [3.8, 4) is 5.75 Å². The minimum Gasteiger partial charge on any atom is -0.507 e. The molecule has 1 amide bonds. The van der Waals surface area contributed by atoms with E-state index in [0.29, 0.717) is 12.1 Å². The molecule has 128 valence electrons. The van der Waals surface area contributed by atoms with E-state index in [1.165, 1.54) is 6.92 Å². The fourth-order valence-electron chi connectivity index (χ4n) is 2.20. The average molecular weight is 321 g/mol. The number of carbonyl (C=O) groups is 2. The summed E-state index contributed by atoms with van der Waals surface area (Å²) in [6, 6.07) is 3.55. The number of phenols is 1. The highest BCUT2D eigenvalue weighted by atomic mass is 16.5. The standard InChI is InChI=1S/C18H27NO4/c1-7-19-17(21)12(6)23-18(22)15-9-13(10(2)3)8-14(11(4)5)16(15)20/h8-12,20H,7H2,1-6H3,(H,19,21). The highest BCUT2D eigenvalue weighted by Gasteiger charge is 2.23. The summed E-state index contributed by atoms with van der Waals surface area (Å²) < 4.78 is 5.19. The van der Waals surface area contributed by atoms with E-state index in [0.717, 1.165) is 5.56 Å². The summed E-state index contributed by atoms with van der Waals surface area (Å²) in [6.07, 6.45) is -0.910. The van der Waals surface area contributed by atoms with Crippen LogP contribution >= 0.6 is 0 Å². The molecule has 0 aromatic heterocycles. The average Bonchev–Trinajstić information content (AvgIpc) is 2.46. The summed E-state index contributed by atoms with van der Waals surface area (Å²) in [6.45, 7) is 11.7. The Morgan fingerprint density at radius 1 is 1.13 bits per heavy atom. The molecule has 1 unspecified atom stereocenters. The molecular weight excluding hydrogens is 294 g/mol. The van der Waals surface area contributed by atoms with Crippen molar-refractivity contribution in [2.75, 3.05) is 6.54 Å². The highest BCUT2D eigenvalue weighted by molar-refractivity contribution is 5.95. The van der Waals surface area contributed by atoms with Gasteiger partial charge in [0.25, 0.3) is 5.91 Å². The SMILES string of the molecule is CCNC(=O)C(C)OC(=O)c1cc(C(C)C)cc(C(C)C)c1O. The first-order valence-electron chi connectivity index (χ1n) is 8.04. The molecule has 0 saturated carbocycles. The van der Waals surface area contributed by atoms with E-state index < -0.39 is 12.1 Å². The van der Waals surface area contributed by atoms with Crippen molar-refractivity contribution in [1.82, 2.24) is 5.32 Å². The van der Waals surface area contributed by atoms with Gasteiger partial charge in [0.1, 0.15) is 11.3 Å². The number of carbonyl (C=O) groups excluding carboxylic acids is 2. The number of amides is 1. The zero-order valence-corrected chi connectivity index (χ0v) is 14.8. The smallest absolute Gasteiger partial charge is 0.342 e. The Hall–Kier alpha value is -2.04. The Labute approximate surface area is 138 Å². The minimum atomic E-state index is -0.910. The molecule has 0 aliphatic carbocycles. The van der Waals surface area contributed by atoms with Crippen LogP contribution in [0.25, 0.3) is 0 Å². The summed E-state index contributed by atoms with van der Waals surface area (Å²) in [5.74, 6) is -0.839. The molecule has 0 saturated heterocycles. The molecule has 1 rings (SSSR count). The second kappa shape index (κ2) is 7.99. The van der Waals surface area contributed by atoms with Crippen LogP contribution in [0.1, 0.15) is 74.9 Å². The lowest BCUT2D eigenvalue weighted by Gasteiger charge is -2.18. The van der Waals surface area contributed by atoms with E-state index in [2.05, 4.69) is 5.32 Å².